The van der Waals surface area contributed by atoms with Crippen molar-refractivity contribution in [3.05, 3.63) is 40.4 Å². The Hall–Kier alpha value is -1.48. The molecule has 0 bridgehead atoms. The number of rotatable bonds is 2. The summed E-state index contributed by atoms with van der Waals surface area (Å²) in [5.41, 5.74) is 4.04. The van der Waals surface area contributed by atoms with E-state index >= 15 is 0 Å². The first kappa shape index (κ1) is 13.5. The van der Waals surface area contributed by atoms with Crippen LogP contribution in [0, 0.1) is 13.8 Å². The summed E-state index contributed by atoms with van der Waals surface area (Å²) in [4.78, 5) is 13.5. The molecule has 0 aromatic carbocycles. The molecule has 0 saturated heterocycles. The van der Waals surface area contributed by atoms with Gasteiger partial charge in [-0.2, -0.15) is 0 Å². The van der Waals surface area contributed by atoms with Gasteiger partial charge in [0.05, 0.1) is 0 Å². The van der Waals surface area contributed by atoms with Crippen molar-refractivity contribution in [2.24, 2.45) is 0 Å². The zero-order chi connectivity index (χ0) is 14.1. The average Bonchev–Trinajstić information content (AvgIpc) is 2.90. The van der Waals surface area contributed by atoms with E-state index in [1.165, 1.54) is 25.7 Å². The second-order valence-corrected chi connectivity index (χ2v) is 5.95. The third kappa shape index (κ3) is 2.83. The first-order valence-electron chi connectivity index (χ1n) is 7.12. The Kier molecular flexibility index (Phi) is 3.70. The highest BCUT2D eigenvalue weighted by Crippen LogP contribution is 2.34. The molecule has 4 heteroatoms. The van der Waals surface area contributed by atoms with Crippen LogP contribution in [0.5, 0.6) is 0 Å². The second-order valence-electron chi connectivity index (χ2n) is 5.56. The van der Waals surface area contributed by atoms with Gasteiger partial charge in [0.2, 0.25) is 0 Å². The molecule has 0 amide bonds. The first-order chi connectivity index (χ1) is 9.61. The second kappa shape index (κ2) is 5.49. The zero-order valence-corrected chi connectivity index (χ0v) is 12.6. The monoisotopic (exact) mass is 287 g/mol. The number of halogens is 1. The van der Waals surface area contributed by atoms with Gasteiger partial charge in [-0.25, -0.2) is 9.97 Å². The van der Waals surface area contributed by atoms with E-state index in [0.717, 1.165) is 22.6 Å². The molecule has 20 heavy (non-hydrogen) atoms. The summed E-state index contributed by atoms with van der Waals surface area (Å²) >= 11 is 6.19. The summed E-state index contributed by atoms with van der Waals surface area (Å²) in [7, 11) is 0. The third-order valence-electron chi connectivity index (χ3n) is 3.83. The Morgan fingerprint density at radius 2 is 1.60 bits per heavy atom. The number of nitrogens with zero attached hydrogens (tertiary/aromatic N) is 3. The molecule has 2 aromatic rings. The lowest BCUT2D eigenvalue weighted by Gasteiger charge is -2.11. The van der Waals surface area contributed by atoms with E-state index in [-0.39, 0.29) is 0 Å². The first-order valence-corrected chi connectivity index (χ1v) is 7.50. The van der Waals surface area contributed by atoms with Crippen molar-refractivity contribution in [3.8, 4) is 11.4 Å². The quantitative estimate of drug-likeness (QED) is 0.765. The maximum Gasteiger partial charge on any atom is 0.161 e. The van der Waals surface area contributed by atoms with Crippen LogP contribution < -0.4 is 0 Å². The predicted molar refractivity (Wildman–Crippen MR) is 81.0 cm³/mol. The van der Waals surface area contributed by atoms with E-state index < -0.39 is 0 Å². The molecule has 3 nitrogen and oxygen atoms in total. The number of aryl methyl sites for hydroxylation is 2. The van der Waals surface area contributed by atoms with Crippen molar-refractivity contribution in [3.63, 3.8) is 0 Å². The van der Waals surface area contributed by atoms with Crippen LogP contribution in [-0.4, -0.2) is 15.0 Å². The summed E-state index contributed by atoms with van der Waals surface area (Å²) < 4.78 is 0. The fraction of sp³-hybridized carbons (Fsp3) is 0.438. The lowest BCUT2D eigenvalue weighted by Crippen LogP contribution is -2.01. The molecule has 0 N–H and O–H groups in total. The van der Waals surface area contributed by atoms with E-state index in [9.17, 15) is 0 Å². The van der Waals surface area contributed by atoms with Crippen LogP contribution in [0.4, 0.5) is 0 Å². The van der Waals surface area contributed by atoms with Crippen molar-refractivity contribution in [1.29, 1.82) is 0 Å². The lowest BCUT2D eigenvalue weighted by atomic mass is 10.0. The smallest absolute Gasteiger partial charge is 0.161 e. The minimum atomic E-state index is 0.531. The summed E-state index contributed by atoms with van der Waals surface area (Å²) in [6.07, 6.45) is 4.99. The van der Waals surface area contributed by atoms with E-state index in [1.807, 2.05) is 32.0 Å². The van der Waals surface area contributed by atoms with Crippen LogP contribution >= 0.6 is 11.6 Å². The molecule has 2 heterocycles. The molecule has 1 aliphatic rings. The van der Waals surface area contributed by atoms with Crippen molar-refractivity contribution in [1.82, 2.24) is 15.0 Å². The molecule has 1 saturated carbocycles. The van der Waals surface area contributed by atoms with Gasteiger partial charge >= 0.3 is 0 Å². The van der Waals surface area contributed by atoms with Crippen LogP contribution in [0.15, 0.2) is 18.2 Å². The Morgan fingerprint density at radius 1 is 0.950 bits per heavy atom. The maximum absolute atomic E-state index is 6.19. The largest absolute Gasteiger partial charge is 0.258 e. The van der Waals surface area contributed by atoms with Crippen LogP contribution in [0.2, 0.25) is 5.15 Å². The van der Waals surface area contributed by atoms with E-state index in [0.29, 0.717) is 16.9 Å². The lowest BCUT2D eigenvalue weighted by molar-refractivity contribution is 0.695. The maximum atomic E-state index is 6.19. The summed E-state index contributed by atoms with van der Waals surface area (Å²) in [6.45, 7) is 3.97. The number of hydrogen-bond acceptors (Lipinski definition) is 3. The molecule has 3 rings (SSSR count). The van der Waals surface area contributed by atoms with Crippen molar-refractivity contribution in [2.75, 3.05) is 0 Å². The van der Waals surface area contributed by atoms with Crippen LogP contribution in [0.1, 0.15) is 48.7 Å². The molecule has 2 aromatic heterocycles. The van der Waals surface area contributed by atoms with Gasteiger partial charge in [0.1, 0.15) is 5.15 Å². The molecule has 1 aliphatic carbocycles. The summed E-state index contributed by atoms with van der Waals surface area (Å²) in [6, 6.07) is 5.94. The van der Waals surface area contributed by atoms with Gasteiger partial charge in [0, 0.05) is 28.6 Å². The highest BCUT2D eigenvalue weighted by Gasteiger charge is 2.20. The van der Waals surface area contributed by atoms with Gasteiger partial charge < -0.3 is 0 Å². The fourth-order valence-corrected chi connectivity index (χ4v) is 3.15. The average molecular weight is 288 g/mol. The van der Waals surface area contributed by atoms with Gasteiger partial charge in [-0.3, -0.25) is 4.98 Å². The third-order valence-corrected chi connectivity index (χ3v) is 4.02. The van der Waals surface area contributed by atoms with E-state index in [1.54, 1.807) is 0 Å². The van der Waals surface area contributed by atoms with Crippen LogP contribution in [0.3, 0.4) is 0 Å². The predicted octanol–water partition coefficient (Wildman–Crippen LogP) is 4.47. The Balaban J connectivity index is 2.04. The van der Waals surface area contributed by atoms with Gasteiger partial charge in [-0.05, 0) is 44.9 Å². The highest BCUT2D eigenvalue weighted by atomic mass is 35.5. The molecular formula is C16H18ClN3. The Labute approximate surface area is 124 Å². The van der Waals surface area contributed by atoms with Gasteiger partial charge in [0.25, 0.3) is 0 Å². The molecule has 1 fully saturated rings. The van der Waals surface area contributed by atoms with E-state index in [4.69, 9.17) is 16.6 Å². The number of hydrogen-bond donors (Lipinski definition) is 0. The topological polar surface area (TPSA) is 38.7 Å². The van der Waals surface area contributed by atoms with Crippen LogP contribution in [-0.2, 0) is 0 Å². The SMILES string of the molecule is Cc1cc(-c2nc(Cl)cc(C3CCCC3)n2)cc(C)n1. The normalized spacial score (nSPS) is 15.8. The summed E-state index contributed by atoms with van der Waals surface area (Å²) in [5, 5.41) is 0.531. The number of pyridine rings is 1. The molecule has 0 aliphatic heterocycles. The van der Waals surface area contributed by atoms with Crippen LogP contribution in [0.25, 0.3) is 11.4 Å². The molecule has 0 unspecified atom stereocenters. The van der Waals surface area contributed by atoms with Gasteiger partial charge in [-0.1, -0.05) is 24.4 Å². The molecule has 0 spiro atoms. The minimum Gasteiger partial charge on any atom is -0.258 e. The van der Waals surface area contributed by atoms with Gasteiger partial charge in [-0.15, -0.1) is 0 Å². The zero-order valence-electron chi connectivity index (χ0n) is 11.9. The molecule has 0 atom stereocenters. The highest BCUT2D eigenvalue weighted by molar-refractivity contribution is 6.29. The van der Waals surface area contributed by atoms with Gasteiger partial charge in [0.15, 0.2) is 5.82 Å². The van der Waals surface area contributed by atoms with Crippen molar-refractivity contribution >= 4 is 11.6 Å². The molecular weight excluding hydrogens is 270 g/mol. The van der Waals surface area contributed by atoms with E-state index in [2.05, 4.69) is 9.97 Å². The summed E-state index contributed by atoms with van der Waals surface area (Å²) in [5.74, 6) is 1.26. The molecule has 0 radical (unpaired) electrons. The Bertz CT molecular complexity index is 613. The fourth-order valence-electron chi connectivity index (χ4n) is 2.96. The Morgan fingerprint density at radius 3 is 2.25 bits per heavy atom. The minimum absolute atomic E-state index is 0.531. The standard InChI is InChI=1S/C16H18ClN3/c1-10-7-13(8-11(2)18-10)16-19-14(9-15(17)20-16)12-5-3-4-6-12/h7-9,12H,3-6H2,1-2H3. The molecule has 104 valence electrons. The number of aromatic nitrogens is 3. The van der Waals surface area contributed by atoms with Crippen molar-refractivity contribution < 1.29 is 0 Å². The van der Waals surface area contributed by atoms with Crippen molar-refractivity contribution in [2.45, 2.75) is 45.4 Å².